The van der Waals surface area contributed by atoms with Crippen molar-refractivity contribution in [3.05, 3.63) is 12.2 Å². The lowest BCUT2D eigenvalue weighted by atomic mass is 10.1. The molecule has 2 amide bonds. The topological polar surface area (TPSA) is 159 Å². The third kappa shape index (κ3) is 5.50. The zero-order valence-corrected chi connectivity index (χ0v) is 15.6. The van der Waals surface area contributed by atoms with Gasteiger partial charge in [0.25, 0.3) is 5.91 Å². The first kappa shape index (κ1) is 21.3. The minimum absolute atomic E-state index is 0.0127. The number of hydrogen-bond acceptors (Lipinski definition) is 9. The van der Waals surface area contributed by atoms with E-state index >= 15 is 0 Å². The molecule has 3 N–H and O–H groups in total. The molecule has 2 aliphatic rings. The van der Waals surface area contributed by atoms with Crippen LogP contribution >= 0.6 is 0 Å². The van der Waals surface area contributed by atoms with Gasteiger partial charge in [0.15, 0.2) is 11.6 Å². The molecule has 1 saturated heterocycles. The SMILES string of the molecule is CN(C)C(=O)OC[C@H]1O[C@](C)(/N=C2/CC=CC(NO)=NC2=O)C[C@@H]1OC(=O)O. The molecule has 154 valence electrons. The summed E-state index contributed by atoms with van der Waals surface area (Å²) in [7, 11) is 3.00. The molecule has 0 aromatic carbocycles. The van der Waals surface area contributed by atoms with Gasteiger partial charge in [0.05, 0.1) is 0 Å². The number of allylic oxidation sites excluding steroid dienone is 1. The van der Waals surface area contributed by atoms with Crippen molar-refractivity contribution in [2.24, 2.45) is 9.98 Å². The predicted octanol–water partition coefficient (Wildman–Crippen LogP) is 0.558. The lowest BCUT2D eigenvalue weighted by molar-refractivity contribution is -0.112. The number of rotatable bonds is 4. The number of hydrogen-bond donors (Lipinski definition) is 3. The number of ether oxygens (including phenoxy) is 3. The monoisotopic (exact) mass is 398 g/mol. The fourth-order valence-corrected chi connectivity index (χ4v) is 2.72. The van der Waals surface area contributed by atoms with E-state index in [0.717, 1.165) is 0 Å². The Labute approximate surface area is 160 Å². The van der Waals surface area contributed by atoms with Gasteiger partial charge in [-0.2, -0.15) is 4.99 Å². The highest BCUT2D eigenvalue weighted by atomic mass is 16.7. The highest BCUT2D eigenvalue weighted by Gasteiger charge is 2.47. The Morgan fingerprint density at radius 1 is 1.50 bits per heavy atom. The molecule has 12 heteroatoms. The average Bonchev–Trinajstić information content (AvgIpc) is 2.80. The Hall–Kier alpha value is -2.99. The number of amidine groups is 1. The van der Waals surface area contributed by atoms with Gasteiger partial charge in [-0.15, -0.1) is 0 Å². The first-order chi connectivity index (χ1) is 13.1. The molecule has 3 atom stereocenters. The van der Waals surface area contributed by atoms with Crippen molar-refractivity contribution in [1.82, 2.24) is 10.4 Å². The van der Waals surface area contributed by atoms with Crippen molar-refractivity contribution in [2.45, 2.75) is 37.7 Å². The summed E-state index contributed by atoms with van der Waals surface area (Å²) in [6, 6.07) is 0. The van der Waals surface area contributed by atoms with E-state index in [0.29, 0.717) is 0 Å². The smallest absolute Gasteiger partial charge is 0.450 e. The molecule has 0 aliphatic carbocycles. The van der Waals surface area contributed by atoms with Gasteiger partial charge in [0, 0.05) is 26.9 Å². The molecule has 0 aromatic heterocycles. The van der Waals surface area contributed by atoms with Gasteiger partial charge in [0.1, 0.15) is 24.5 Å². The number of nitrogens with zero attached hydrogens (tertiary/aromatic N) is 3. The minimum atomic E-state index is -1.51. The van der Waals surface area contributed by atoms with Crippen molar-refractivity contribution >= 4 is 29.7 Å². The summed E-state index contributed by atoms with van der Waals surface area (Å²) in [6.45, 7) is 1.31. The Morgan fingerprint density at radius 2 is 2.21 bits per heavy atom. The molecule has 1 fully saturated rings. The summed E-state index contributed by atoms with van der Waals surface area (Å²) in [4.78, 5) is 43.9. The van der Waals surface area contributed by atoms with Crippen LogP contribution in [0.15, 0.2) is 22.1 Å². The van der Waals surface area contributed by atoms with Crippen LogP contribution in [0.3, 0.4) is 0 Å². The highest BCUT2D eigenvalue weighted by Crippen LogP contribution is 2.34. The van der Waals surface area contributed by atoms with Gasteiger partial charge in [-0.3, -0.25) is 15.5 Å². The third-order valence-electron chi connectivity index (χ3n) is 3.93. The van der Waals surface area contributed by atoms with Crippen LogP contribution in [-0.4, -0.2) is 83.6 Å². The number of nitrogens with one attached hydrogen (secondary N) is 1. The van der Waals surface area contributed by atoms with Crippen molar-refractivity contribution in [3.63, 3.8) is 0 Å². The van der Waals surface area contributed by atoms with Crippen LogP contribution in [0.25, 0.3) is 0 Å². The molecular weight excluding hydrogens is 376 g/mol. The van der Waals surface area contributed by atoms with E-state index in [1.54, 1.807) is 18.5 Å². The quantitative estimate of drug-likeness (QED) is 0.454. The summed E-state index contributed by atoms with van der Waals surface area (Å²) in [6.07, 6.45) is -0.841. The summed E-state index contributed by atoms with van der Waals surface area (Å²) in [5.74, 6) is -0.710. The number of carbonyl (C=O) groups excluding carboxylic acids is 2. The van der Waals surface area contributed by atoms with E-state index in [1.807, 2.05) is 0 Å². The van der Waals surface area contributed by atoms with E-state index in [-0.39, 0.29) is 31.0 Å². The first-order valence-corrected chi connectivity index (χ1v) is 8.33. The van der Waals surface area contributed by atoms with Gasteiger partial charge in [-0.25, -0.2) is 14.6 Å². The number of aliphatic imine (C=N–C) groups is 2. The molecule has 0 unspecified atom stereocenters. The van der Waals surface area contributed by atoms with Gasteiger partial charge in [-0.1, -0.05) is 6.08 Å². The molecule has 2 aliphatic heterocycles. The van der Waals surface area contributed by atoms with Gasteiger partial charge >= 0.3 is 12.2 Å². The fourth-order valence-electron chi connectivity index (χ4n) is 2.72. The van der Waals surface area contributed by atoms with E-state index in [4.69, 9.17) is 24.5 Å². The van der Waals surface area contributed by atoms with Crippen molar-refractivity contribution < 1.29 is 38.9 Å². The number of amides is 2. The molecule has 2 heterocycles. The Balaban J connectivity index is 2.18. The van der Waals surface area contributed by atoms with Crippen LogP contribution < -0.4 is 5.48 Å². The second-order valence-corrected chi connectivity index (χ2v) is 6.51. The maximum atomic E-state index is 12.2. The summed E-state index contributed by atoms with van der Waals surface area (Å²) >= 11 is 0. The normalized spacial score (nSPS) is 28.5. The zero-order chi connectivity index (χ0) is 20.9. The molecule has 0 bridgehead atoms. The molecule has 0 radical (unpaired) electrons. The van der Waals surface area contributed by atoms with Crippen LogP contribution in [0, 0.1) is 0 Å². The maximum Gasteiger partial charge on any atom is 0.506 e. The number of hydroxylamine groups is 1. The molecule has 12 nitrogen and oxygen atoms in total. The lowest BCUT2D eigenvalue weighted by Crippen LogP contribution is -2.34. The number of carbonyl (C=O) groups is 3. The van der Waals surface area contributed by atoms with Crippen molar-refractivity contribution in [1.29, 1.82) is 0 Å². The van der Waals surface area contributed by atoms with Crippen LogP contribution in [0.1, 0.15) is 19.8 Å². The molecule has 0 aromatic rings. The summed E-state index contributed by atoms with van der Waals surface area (Å²) in [5, 5.41) is 17.8. The second kappa shape index (κ2) is 8.80. The first-order valence-electron chi connectivity index (χ1n) is 8.33. The molecule has 28 heavy (non-hydrogen) atoms. The summed E-state index contributed by atoms with van der Waals surface area (Å²) in [5.41, 5.74) is 0.557. The van der Waals surface area contributed by atoms with Gasteiger partial charge in [-0.05, 0) is 13.0 Å². The van der Waals surface area contributed by atoms with Gasteiger partial charge < -0.3 is 24.2 Å². The lowest BCUT2D eigenvalue weighted by Gasteiger charge is -2.21. The molecule has 0 saturated carbocycles. The largest absolute Gasteiger partial charge is 0.506 e. The highest BCUT2D eigenvalue weighted by molar-refractivity contribution is 6.42. The van der Waals surface area contributed by atoms with Gasteiger partial charge in [0.2, 0.25) is 0 Å². The minimum Gasteiger partial charge on any atom is -0.450 e. The Kier molecular flexibility index (Phi) is 6.70. The number of carboxylic acid groups (broad SMARTS) is 1. The molecule has 0 spiro atoms. The zero-order valence-electron chi connectivity index (χ0n) is 15.6. The predicted molar refractivity (Wildman–Crippen MR) is 94.4 cm³/mol. The van der Waals surface area contributed by atoms with Crippen LogP contribution in [0.4, 0.5) is 9.59 Å². The van der Waals surface area contributed by atoms with E-state index in [9.17, 15) is 14.4 Å². The second-order valence-electron chi connectivity index (χ2n) is 6.51. The standard InChI is InChI=1S/C16H22N4O8/c1-16(18-9-5-4-6-12(19-25)17-13(9)21)7-10(27-15(23)24)11(28-16)8-26-14(22)20(2)3/h4,6,10-11,25H,5,7-8H2,1-3H3,(H,23,24)(H,17,19,21)/b18-9-/t10-,11+,16-/m0/s1. The van der Waals surface area contributed by atoms with Crippen molar-refractivity contribution in [2.75, 3.05) is 20.7 Å². The average molecular weight is 398 g/mol. The van der Waals surface area contributed by atoms with Crippen LogP contribution in [0.2, 0.25) is 0 Å². The van der Waals surface area contributed by atoms with E-state index in [2.05, 4.69) is 9.98 Å². The Bertz CT molecular complexity index is 732. The molecular formula is C16H22N4O8. The van der Waals surface area contributed by atoms with Crippen LogP contribution in [-0.2, 0) is 19.0 Å². The summed E-state index contributed by atoms with van der Waals surface area (Å²) < 4.78 is 15.7. The Morgan fingerprint density at radius 3 is 2.82 bits per heavy atom. The van der Waals surface area contributed by atoms with E-state index < -0.39 is 36.1 Å². The van der Waals surface area contributed by atoms with Crippen LogP contribution in [0.5, 0.6) is 0 Å². The molecule has 2 rings (SSSR count). The fraction of sp³-hybridized carbons (Fsp3) is 0.562. The maximum absolute atomic E-state index is 12.2. The third-order valence-corrected chi connectivity index (χ3v) is 3.93. The van der Waals surface area contributed by atoms with E-state index in [1.165, 1.54) is 25.1 Å². The van der Waals surface area contributed by atoms with Crippen molar-refractivity contribution in [3.8, 4) is 0 Å².